The van der Waals surface area contributed by atoms with Gasteiger partial charge in [0, 0.05) is 22.5 Å². The van der Waals surface area contributed by atoms with Gasteiger partial charge in [-0.1, -0.05) is 55.8 Å². The zero-order valence-electron chi connectivity index (χ0n) is 13.7. The van der Waals surface area contributed by atoms with Gasteiger partial charge in [0.05, 0.1) is 16.8 Å². The first kappa shape index (κ1) is 16.5. The van der Waals surface area contributed by atoms with E-state index in [0.717, 1.165) is 22.2 Å². The molecule has 0 spiro atoms. The van der Waals surface area contributed by atoms with Crippen LogP contribution in [0.4, 0.5) is 0 Å². The molecule has 1 heterocycles. The zero-order valence-corrected chi connectivity index (χ0v) is 14.5. The molecule has 0 radical (unpaired) electrons. The number of nitrogens with one attached hydrogen (secondary N) is 1. The average molecular weight is 339 g/mol. The molecule has 0 aliphatic carbocycles. The van der Waals surface area contributed by atoms with Crippen molar-refractivity contribution in [1.29, 1.82) is 0 Å². The molecule has 3 aromatic rings. The lowest BCUT2D eigenvalue weighted by Crippen LogP contribution is -2.27. The van der Waals surface area contributed by atoms with E-state index in [-0.39, 0.29) is 5.91 Å². The monoisotopic (exact) mass is 338 g/mol. The van der Waals surface area contributed by atoms with Gasteiger partial charge in [-0.2, -0.15) is 0 Å². The van der Waals surface area contributed by atoms with Gasteiger partial charge in [-0.15, -0.1) is 0 Å². The summed E-state index contributed by atoms with van der Waals surface area (Å²) in [6, 6.07) is 17.0. The molecule has 0 bridgehead atoms. The van der Waals surface area contributed by atoms with Crippen molar-refractivity contribution < 1.29 is 4.79 Å². The van der Waals surface area contributed by atoms with E-state index in [0.29, 0.717) is 23.0 Å². The van der Waals surface area contributed by atoms with Gasteiger partial charge in [0.1, 0.15) is 0 Å². The topological polar surface area (TPSA) is 42.0 Å². The molecule has 0 saturated heterocycles. The van der Waals surface area contributed by atoms with Gasteiger partial charge in [0.2, 0.25) is 0 Å². The quantitative estimate of drug-likeness (QED) is 0.732. The van der Waals surface area contributed by atoms with Crippen LogP contribution in [0.25, 0.3) is 22.2 Å². The third-order valence-electron chi connectivity index (χ3n) is 3.77. The Morgan fingerprint density at radius 3 is 2.54 bits per heavy atom. The van der Waals surface area contributed by atoms with Crippen LogP contribution in [-0.4, -0.2) is 17.4 Å². The molecule has 24 heavy (non-hydrogen) atoms. The number of nitrogens with zero attached hydrogens (tertiary/aromatic N) is 1. The molecule has 0 atom stereocenters. The van der Waals surface area contributed by atoms with Crippen LogP contribution in [0.15, 0.2) is 54.6 Å². The van der Waals surface area contributed by atoms with E-state index < -0.39 is 0 Å². The van der Waals surface area contributed by atoms with Crippen molar-refractivity contribution in [3.05, 3.63) is 65.2 Å². The molecule has 122 valence electrons. The Morgan fingerprint density at radius 1 is 1.12 bits per heavy atom. The largest absolute Gasteiger partial charge is 0.352 e. The average Bonchev–Trinajstić information content (AvgIpc) is 2.59. The number of pyridine rings is 1. The van der Waals surface area contributed by atoms with Crippen molar-refractivity contribution in [2.75, 3.05) is 6.54 Å². The molecule has 1 N–H and O–H groups in total. The standard InChI is InChI=1S/C20H19ClN2O/c1-13(2)12-22-20(24)17-11-19(14-7-9-15(21)10-8-14)23-18-6-4-3-5-16(17)18/h3-11,13H,12H2,1-2H3,(H,22,24). The third-order valence-corrected chi connectivity index (χ3v) is 4.02. The number of carbonyl (C=O) groups excluding carboxylic acids is 1. The first-order valence-electron chi connectivity index (χ1n) is 7.98. The van der Waals surface area contributed by atoms with E-state index >= 15 is 0 Å². The van der Waals surface area contributed by atoms with Gasteiger partial charge < -0.3 is 5.32 Å². The van der Waals surface area contributed by atoms with Crippen LogP contribution in [0.2, 0.25) is 5.02 Å². The number of amides is 1. The Labute approximate surface area is 146 Å². The summed E-state index contributed by atoms with van der Waals surface area (Å²) in [4.78, 5) is 17.3. The number of benzene rings is 2. The fraction of sp³-hybridized carbons (Fsp3) is 0.200. The Balaban J connectivity index is 2.09. The first-order valence-corrected chi connectivity index (χ1v) is 8.36. The summed E-state index contributed by atoms with van der Waals surface area (Å²) in [5, 5.41) is 4.52. The summed E-state index contributed by atoms with van der Waals surface area (Å²) < 4.78 is 0. The van der Waals surface area contributed by atoms with Crippen LogP contribution in [-0.2, 0) is 0 Å². The molecular weight excluding hydrogens is 320 g/mol. The number of para-hydroxylation sites is 1. The number of hydrogen-bond donors (Lipinski definition) is 1. The molecule has 3 rings (SSSR count). The minimum atomic E-state index is -0.0717. The van der Waals surface area contributed by atoms with Gasteiger partial charge >= 0.3 is 0 Å². The number of halogens is 1. The van der Waals surface area contributed by atoms with E-state index in [1.807, 2.05) is 54.6 Å². The summed E-state index contributed by atoms with van der Waals surface area (Å²) in [5.41, 5.74) is 3.15. The first-order chi connectivity index (χ1) is 11.5. The van der Waals surface area contributed by atoms with Crippen LogP contribution < -0.4 is 5.32 Å². The lowest BCUT2D eigenvalue weighted by atomic mass is 10.0. The number of rotatable bonds is 4. The maximum absolute atomic E-state index is 12.6. The maximum atomic E-state index is 12.6. The smallest absolute Gasteiger partial charge is 0.252 e. The van der Waals surface area contributed by atoms with Crippen molar-refractivity contribution in [2.24, 2.45) is 5.92 Å². The number of fused-ring (bicyclic) bond motifs is 1. The maximum Gasteiger partial charge on any atom is 0.252 e. The fourth-order valence-corrected chi connectivity index (χ4v) is 2.65. The zero-order chi connectivity index (χ0) is 17.1. The fourth-order valence-electron chi connectivity index (χ4n) is 2.52. The number of hydrogen-bond acceptors (Lipinski definition) is 2. The number of carbonyl (C=O) groups is 1. The Morgan fingerprint density at radius 2 is 1.83 bits per heavy atom. The van der Waals surface area contributed by atoms with Gasteiger partial charge in [0.25, 0.3) is 5.91 Å². The molecule has 1 aromatic heterocycles. The Bertz CT molecular complexity index is 872. The van der Waals surface area contributed by atoms with E-state index in [2.05, 4.69) is 19.2 Å². The second-order valence-electron chi connectivity index (χ2n) is 6.18. The highest BCUT2D eigenvalue weighted by atomic mass is 35.5. The molecule has 0 aliphatic rings. The van der Waals surface area contributed by atoms with Crippen LogP contribution >= 0.6 is 11.6 Å². The predicted molar refractivity (Wildman–Crippen MR) is 99.4 cm³/mol. The van der Waals surface area contributed by atoms with E-state index in [1.165, 1.54) is 0 Å². The number of aromatic nitrogens is 1. The third kappa shape index (κ3) is 3.57. The minimum Gasteiger partial charge on any atom is -0.352 e. The summed E-state index contributed by atoms with van der Waals surface area (Å²) in [6.45, 7) is 4.79. The van der Waals surface area contributed by atoms with Gasteiger partial charge in [-0.05, 0) is 30.2 Å². The van der Waals surface area contributed by atoms with Crippen molar-refractivity contribution in [3.8, 4) is 11.3 Å². The summed E-state index contributed by atoms with van der Waals surface area (Å²) in [7, 11) is 0. The van der Waals surface area contributed by atoms with Crippen LogP contribution in [0.3, 0.4) is 0 Å². The molecule has 0 unspecified atom stereocenters. The Hall–Kier alpha value is -2.39. The molecule has 0 aliphatic heterocycles. The van der Waals surface area contributed by atoms with Crippen molar-refractivity contribution in [2.45, 2.75) is 13.8 Å². The molecule has 4 heteroatoms. The normalized spacial score (nSPS) is 11.0. The van der Waals surface area contributed by atoms with Crippen LogP contribution in [0.5, 0.6) is 0 Å². The van der Waals surface area contributed by atoms with Crippen LogP contribution in [0, 0.1) is 5.92 Å². The van der Waals surface area contributed by atoms with E-state index in [1.54, 1.807) is 0 Å². The van der Waals surface area contributed by atoms with E-state index in [4.69, 9.17) is 16.6 Å². The molecule has 1 amide bonds. The SMILES string of the molecule is CC(C)CNC(=O)c1cc(-c2ccc(Cl)cc2)nc2ccccc12. The van der Waals surface area contributed by atoms with Gasteiger partial charge in [-0.25, -0.2) is 4.98 Å². The second kappa shape index (κ2) is 7.02. The summed E-state index contributed by atoms with van der Waals surface area (Å²) >= 11 is 5.96. The second-order valence-corrected chi connectivity index (χ2v) is 6.62. The van der Waals surface area contributed by atoms with Crippen molar-refractivity contribution in [1.82, 2.24) is 10.3 Å². The van der Waals surface area contributed by atoms with E-state index in [9.17, 15) is 4.79 Å². The van der Waals surface area contributed by atoms with Gasteiger partial charge in [0.15, 0.2) is 0 Å². The van der Waals surface area contributed by atoms with Crippen LogP contribution in [0.1, 0.15) is 24.2 Å². The summed E-state index contributed by atoms with van der Waals surface area (Å²) in [6.07, 6.45) is 0. The minimum absolute atomic E-state index is 0.0717. The molecule has 0 fully saturated rings. The molecule has 0 saturated carbocycles. The lowest BCUT2D eigenvalue weighted by molar-refractivity contribution is 0.0950. The molecule has 3 nitrogen and oxygen atoms in total. The highest BCUT2D eigenvalue weighted by Crippen LogP contribution is 2.26. The van der Waals surface area contributed by atoms with Gasteiger partial charge in [-0.3, -0.25) is 4.79 Å². The molecular formula is C20H19ClN2O. The predicted octanol–water partition coefficient (Wildman–Crippen LogP) is 4.94. The van der Waals surface area contributed by atoms with Crippen molar-refractivity contribution in [3.63, 3.8) is 0 Å². The van der Waals surface area contributed by atoms with Crippen molar-refractivity contribution >= 4 is 28.4 Å². The summed E-state index contributed by atoms with van der Waals surface area (Å²) in [5.74, 6) is 0.329. The highest BCUT2D eigenvalue weighted by molar-refractivity contribution is 6.30. The molecule has 2 aromatic carbocycles. The Kier molecular flexibility index (Phi) is 4.81. The highest BCUT2D eigenvalue weighted by Gasteiger charge is 2.14. The lowest BCUT2D eigenvalue weighted by Gasteiger charge is -2.12.